The molecule has 0 saturated heterocycles. The molecule has 1 aliphatic carbocycles. The molecule has 1 rings (SSSR count). The molecule has 0 aromatic rings. The molecular weight excluding hydrogens is 164 g/mol. The molecular formula is C11H22O2. The maximum Gasteiger partial charge on any atom is 0.0585 e. The van der Waals surface area contributed by atoms with Crippen molar-refractivity contribution in [2.24, 2.45) is 5.41 Å². The molecule has 0 heterocycles. The van der Waals surface area contributed by atoms with Crippen LogP contribution in [0.1, 0.15) is 40.0 Å². The SMILES string of the molecule is CCOCCCOC1CC(C)(C)C1. The quantitative estimate of drug-likeness (QED) is 0.594. The molecule has 1 aliphatic rings. The molecule has 1 fully saturated rings. The minimum atomic E-state index is 0.525. The van der Waals surface area contributed by atoms with Crippen LogP contribution in [0.2, 0.25) is 0 Å². The molecule has 2 heteroatoms. The second-order valence-electron chi connectivity index (χ2n) is 4.62. The summed E-state index contributed by atoms with van der Waals surface area (Å²) in [5.41, 5.74) is 0.532. The fourth-order valence-electron chi connectivity index (χ4n) is 1.85. The van der Waals surface area contributed by atoms with Gasteiger partial charge >= 0.3 is 0 Å². The minimum Gasteiger partial charge on any atom is -0.382 e. The van der Waals surface area contributed by atoms with Gasteiger partial charge in [0.2, 0.25) is 0 Å². The highest BCUT2D eigenvalue weighted by molar-refractivity contribution is 4.87. The van der Waals surface area contributed by atoms with Gasteiger partial charge in [0.1, 0.15) is 0 Å². The van der Waals surface area contributed by atoms with Gasteiger partial charge in [-0.3, -0.25) is 0 Å². The zero-order valence-electron chi connectivity index (χ0n) is 9.14. The van der Waals surface area contributed by atoms with E-state index < -0.39 is 0 Å². The van der Waals surface area contributed by atoms with Gasteiger partial charge in [0.15, 0.2) is 0 Å². The maximum atomic E-state index is 5.68. The Bertz CT molecular complexity index is 135. The molecule has 0 aliphatic heterocycles. The summed E-state index contributed by atoms with van der Waals surface area (Å²) < 4.78 is 10.9. The lowest BCUT2D eigenvalue weighted by Crippen LogP contribution is -2.38. The van der Waals surface area contributed by atoms with Gasteiger partial charge in [0.25, 0.3) is 0 Å². The fourth-order valence-corrected chi connectivity index (χ4v) is 1.85. The van der Waals surface area contributed by atoms with Crippen molar-refractivity contribution < 1.29 is 9.47 Å². The zero-order valence-corrected chi connectivity index (χ0v) is 9.14. The van der Waals surface area contributed by atoms with Crippen molar-refractivity contribution in [3.63, 3.8) is 0 Å². The molecule has 1 saturated carbocycles. The summed E-state index contributed by atoms with van der Waals surface area (Å²) >= 11 is 0. The van der Waals surface area contributed by atoms with Crippen molar-refractivity contribution in [2.75, 3.05) is 19.8 Å². The van der Waals surface area contributed by atoms with Gasteiger partial charge < -0.3 is 9.47 Å². The van der Waals surface area contributed by atoms with Gasteiger partial charge in [0, 0.05) is 19.8 Å². The number of hydrogen-bond donors (Lipinski definition) is 0. The third-order valence-electron chi connectivity index (χ3n) is 2.55. The Morgan fingerprint density at radius 2 is 1.92 bits per heavy atom. The second-order valence-corrected chi connectivity index (χ2v) is 4.62. The van der Waals surface area contributed by atoms with Gasteiger partial charge in [0.05, 0.1) is 6.10 Å². The lowest BCUT2D eigenvalue weighted by atomic mass is 9.70. The summed E-state index contributed by atoms with van der Waals surface area (Å²) in [5.74, 6) is 0. The highest BCUT2D eigenvalue weighted by Gasteiger charge is 2.36. The summed E-state index contributed by atoms with van der Waals surface area (Å²) in [4.78, 5) is 0. The third-order valence-corrected chi connectivity index (χ3v) is 2.55. The van der Waals surface area contributed by atoms with Gasteiger partial charge in [-0.15, -0.1) is 0 Å². The van der Waals surface area contributed by atoms with Crippen LogP contribution in [0.3, 0.4) is 0 Å². The fraction of sp³-hybridized carbons (Fsp3) is 1.00. The van der Waals surface area contributed by atoms with Crippen LogP contribution in [0.4, 0.5) is 0 Å². The minimum absolute atomic E-state index is 0.525. The summed E-state index contributed by atoms with van der Waals surface area (Å²) in [6, 6.07) is 0. The van der Waals surface area contributed by atoms with Crippen molar-refractivity contribution in [1.82, 2.24) is 0 Å². The average Bonchev–Trinajstić information content (AvgIpc) is 2.00. The van der Waals surface area contributed by atoms with Crippen LogP contribution in [-0.4, -0.2) is 25.9 Å². The molecule has 0 aromatic carbocycles. The largest absolute Gasteiger partial charge is 0.382 e. The second kappa shape index (κ2) is 4.97. The molecule has 0 bridgehead atoms. The van der Waals surface area contributed by atoms with Crippen LogP contribution < -0.4 is 0 Å². The van der Waals surface area contributed by atoms with Crippen molar-refractivity contribution in [3.8, 4) is 0 Å². The first kappa shape index (κ1) is 11.0. The van der Waals surface area contributed by atoms with E-state index in [4.69, 9.17) is 9.47 Å². The molecule has 13 heavy (non-hydrogen) atoms. The molecule has 0 radical (unpaired) electrons. The topological polar surface area (TPSA) is 18.5 Å². The molecule has 0 amide bonds. The Morgan fingerprint density at radius 3 is 2.46 bits per heavy atom. The maximum absolute atomic E-state index is 5.68. The molecule has 0 spiro atoms. The van der Waals surface area contributed by atoms with Crippen molar-refractivity contribution in [1.29, 1.82) is 0 Å². The van der Waals surface area contributed by atoms with E-state index >= 15 is 0 Å². The third kappa shape index (κ3) is 4.10. The van der Waals surface area contributed by atoms with Crippen LogP contribution in [0.5, 0.6) is 0 Å². The molecule has 0 N–H and O–H groups in total. The van der Waals surface area contributed by atoms with E-state index in [1.165, 1.54) is 12.8 Å². The van der Waals surface area contributed by atoms with Crippen molar-refractivity contribution in [3.05, 3.63) is 0 Å². The summed E-state index contributed by atoms with van der Waals surface area (Å²) in [7, 11) is 0. The van der Waals surface area contributed by atoms with E-state index in [1.807, 2.05) is 6.92 Å². The first-order chi connectivity index (χ1) is 6.14. The Labute approximate surface area is 81.6 Å². The number of rotatable bonds is 6. The van der Waals surface area contributed by atoms with Crippen molar-refractivity contribution in [2.45, 2.75) is 46.1 Å². The first-order valence-electron chi connectivity index (χ1n) is 5.33. The van der Waals surface area contributed by atoms with E-state index in [1.54, 1.807) is 0 Å². The van der Waals surface area contributed by atoms with Crippen LogP contribution in [0, 0.1) is 5.41 Å². The smallest absolute Gasteiger partial charge is 0.0585 e. The van der Waals surface area contributed by atoms with E-state index in [9.17, 15) is 0 Å². The Kier molecular flexibility index (Phi) is 4.20. The Hall–Kier alpha value is -0.0800. The predicted octanol–water partition coefficient (Wildman–Crippen LogP) is 2.62. The van der Waals surface area contributed by atoms with Gasteiger partial charge in [-0.1, -0.05) is 13.8 Å². The lowest BCUT2D eigenvalue weighted by Gasteiger charge is -2.42. The first-order valence-corrected chi connectivity index (χ1v) is 5.33. The lowest BCUT2D eigenvalue weighted by molar-refractivity contribution is -0.0692. The normalized spacial score (nSPS) is 21.5. The molecule has 78 valence electrons. The van der Waals surface area contributed by atoms with E-state index in [0.717, 1.165) is 26.2 Å². The van der Waals surface area contributed by atoms with E-state index in [0.29, 0.717) is 11.5 Å². The van der Waals surface area contributed by atoms with Crippen LogP contribution in [0.25, 0.3) is 0 Å². The van der Waals surface area contributed by atoms with Gasteiger partial charge in [-0.25, -0.2) is 0 Å². The molecule has 0 aromatic heterocycles. The van der Waals surface area contributed by atoms with Crippen LogP contribution >= 0.6 is 0 Å². The molecule has 0 unspecified atom stereocenters. The summed E-state index contributed by atoms with van der Waals surface area (Å²) in [5, 5.41) is 0. The average molecular weight is 186 g/mol. The number of hydrogen-bond acceptors (Lipinski definition) is 2. The van der Waals surface area contributed by atoms with Crippen molar-refractivity contribution >= 4 is 0 Å². The van der Waals surface area contributed by atoms with E-state index in [2.05, 4.69) is 13.8 Å². The van der Waals surface area contributed by atoms with Gasteiger partial charge in [-0.05, 0) is 31.6 Å². The molecule has 2 nitrogen and oxygen atoms in total. The Balaban J connectivity index is 1.85. The summed E-state index contributed by atoms with van der Waals surface area (Å²) in [6.07, 6.45) is 4.00. The monoisotopic (exact) mass is 186 g/mol. The summed E-state index contributed by atoms with van der Waals surface area (Å²) in [6.45, 7) is 9.14. The predicted molar refractivity (Wildman–Crippen MR) is 53.9 cm³/mol. The van der Waals surface area contributed by atoms with E-state index in [-0.39, 0.29) is 0 Å². The highest BCUT2D eigenvalue weighted by Crippen LogP contribution is 2.41. The molecule has 0 atom stereocenters. The Morgan fingerprint density at radius 1 is 1.23 bits per heavy atom. The van der Waals surface area contributed by atoms with Gasteiger partial charge in [-0.2, -0.15) is 0 Å². The van der Waals surface area contributed by atoms with Crippen LogP contribution in [0.15, 0.2) is 0 Å². The highest BCUT2D eigenvalue weighted by atomic mass is 16.5. The number of ether oxygens (including phenoxy) is 2. The zero-order chi connectivity index (χ0) is 9.73. The standard InChI is InChI=1S/C11H22O2/c1-4-12-6-5-7-13-10-8-11(2,3)9-10/h10H,4-9H2,1-3H3. The van der Waals surface area contributed by atoms with Crippen LogP contribution in [-0.2, 0) is 9.47 Å².